The third-order valence-corrected chi connectivity index (χ3v) is 3.31. The van der Waals surface area contributed by atoms with Gasteiger partial charge in [-0.05, 0) is 24.1 Å². The Hall–Kier alpha value is -1.76. The van der Waals surface area contributed by atoms with Crippen molar-refractivity contribution in [2.75, 3.05) is 0 Å². The first-order chi connectivity index (χ1) is 8.25. The lowest BCUT2D eigenvalue weighted by Gasteiger charge is -2.24. The minimum absolute atomic E-state index is 0.0922. The van der Waals surface area contributed by atoms with Crippen LogP contribution in [0.5, 0.6) is 5.75 Å². The Kier molecular flexibility index (Phi) is 2.40. The van der Waals surface area contributed by atoms with Crippen LogP contribution in [-0.4, -0.2) is 5.60 Å². The molecule has 2 aromatic carbocycles. The van der Waals surface area contributed by atoms with Gasteiger partial charge in [0.2, 0.25) is 0 Å². The van der Waals surface area contributed by atoms with Crippen molar-refractivity contribution in [2.45, 2.75) is 25.4 Å². The molecule has 0 aliphatic carbocycles. The van der Waals surface area contributed by atoms with E-state index in [0.717, 1.165) is 18.6 Å². The molecule has 1 heteroatoms. The second-order valence-corrected chi connectivity index (χ2v) is 5.00. The number of benzene rings is 2. The Morgan fingerprint density at radius 3 is 2.47 bits per heavy atom. The van der Waals surface area contributed by atoms with Gasteiger partial charge < -0.3 is 4.74 Å². The highest BCUT2D eigenvalue weighted by Crippen LogP contribution is 2.36. The van der Waals surface area contributed by atoms with Crippen LogP contribution in [0.2, 0.25) is 0 Å². The highest BCUT2D eigenvalue weighted by molar-refractivity contribution is 5.39. The molecule has 1 heterocycles. The zero-order valence-corrected chi connectivity index (χ0v) is 10.0. The molecule has 1 nitrogen and oxygen atoms in total. The first-order valence-electron chi connectivity index (χ1n) is 6.06. The lowest BCUT2D eigenvalue weighted by atomic mass is 9.92. The lowest BCUT2D eigenvalue weighted by Crippen LogP contribution is -2.32. The van der Waals surface area contributed by atoms with E-state index in [1.54, 1.807) is 0 Å². The standard InChI is InChI=1S/C16H16O/c1-16(11-13-7-3-2-4-8-13)12-14-9-5-6-10-15(14)17-16/h2-10H,11-12H2,1H3/t16-/m0/s1. The molecule has 0 bridgehead atoms. The number of rotatable bonds is 2. The predicted molar refractivity (Wildman–Crippen MR) is 69.3 cm³/mol. The summed E-state index contributed by atoms with van der Waals surface area (Å²) in [5.41, 5.74) is 2.57. The average Bonchev–Trinajstić information content (AvgIpc) is 2.66. The molecule has 3 rings (SSSR count). The van der Waals surface area contributed by atoms with Crippen molar-refractivity contribution in [3.05, 3.63) is 65.7 Å². The molecule has 0 spiro atoms. The van der Waals surface area contributed by atoms with Gasteiger partial charge in [-0.15, -0.1) is 0 Å². The molecule has 0 unspecified atom stereocenters. The molecule has 0 saturated carbocycles. The van der Waals surface area contributed by atoms with E-state index in [-0.39, 0.29) is 5.60 Å². The minimum atomic E-state index is -0.0922. The molecule has 1 atom stereocenters. The third kappa shape index (κ3) is 2.05. The summed E-state index contributed by atoms with van der Waals surface area (Å²) < 4.78 is 6.10. The molecule has 0 fully saturated rings. The second kappa shape index (κ2) is 3.92. The fraction of sp³-hybridized carbons (Fsp3) is 0.250. The Bertz CT molecular complexity index is 491. The van der Waals surface area contributed by atoms with Crippen molar-refractivity contribution in [3.8, 4) is 5.75 Å². The number of fused-ring (bicyclic) bond motifs is 1. The fourth-order valence-electron chi connectivity index (χ4n) is 2.58. The van der Waals surface area contributed by atoms with Crippen LogP contribution < -0.4 is 4.74 Å². The summed E-state index contributed by atoms with van der Waals surface area (Å²) in [7, 11) is 0. The smallest absolute Gasteiger partial charge is 0.123 e. The van der Waals surface area contributed by atoms with Crippen LogP contribution in [0.15, 0.2) is 54.6 Å². The van der Waals surface area contributed by atoms with Crippen LogP contribution in [0, 0.1) is 0 Å². The predicted octanol–water partition coefficient (Wildman–Crippen LogP) is 3.62. The van der Waals surface area contributed by atoms with Crippen LogP contribution in [-0.2, 0) is 12.8 Å². The zero-order chi connectivity index (χ0) is 11.7. The van der Waals surface area contributed by atoms with E-state index in [0.29, 0.717) is 0 Å². The molecule has 0 saturated heterocycles. The topological polar surface area (TPSA) is 9.23 Å². The van der Waals surface area contributed by atoms with Gasteiger partial charge in [-0.1, -0.05) is 48.5 Å². The van der Waals surface area contributed by atoms with Gasteiger partial charge in [-0.2, -0.15) is 0 Å². The highest BCUT2D eigenvalue weighted by Gasteiger charge is 2.34. The van der Waals surface area contributed by atoms with Gasteiger partial charge >= 0.3 is 0 Å². The van der Waals surface area contributed by atoms with Gasteiger partial charge in [-0.25, -0.2) is 0 Å². The van der Waals surface area contributed by atoms with Crippen molar-refractivity contribution in [1.82, 2.24) is 0 Å². The first kappa shape index (κ1) is 10.4. The Labute approximate surface area is 102 Å². The summed E-state index contributed by atoms with van der Waals surface area (Å²) in [5, 5.41) is 0. The maximum atomic E-state index is 6.10. The molecule has 86 valence electrons. The maximum absolute atomic E-state index is 6.10. The lowest BCUT2D eigenvalue weighted by molar-refractivity contribution is 0.116. The van der Waals surface area contributed by atoms with E-state index >= 15 is 0 Å². The van der Waals surface area contributed by atoms with Crippen molar-refractivity contribution >= 4 is 0 Å². The fourth-order valence-corrected chi connectivity index (χ4v) is 2.58. The van der Waals surface area contributed by atoms with Crippen molar-refractivity contribution in [3.63, 3.8) is 0 Å². The molecule has 0 radical (unpaired) electrons. The number of ether oxygens (including phenoxy) is 1. The molecular weight excluding hydrogens is 208 g/mol. The van der Waals surface area contributed by atoms with E-state index in [4.69, 9.17) is 4.74 Å². The Morgan fingerprint density at radius 1 is 1.00 bits per heavy atom. The van der Waals surface area contributed by atoms with E-state index in [2.05, 4.69) is 55.5 Å². The summed E-state index contributed by atoms with van der Waals surface area (Å²) in [5.74, 6) is 1.05. The summed E-state index contributed by atoms with van der Waals surface area (Å²) in [6, 6.07) is 18.9. The normalized spacial score (nSPS) is 21.9. The van der Waals surface area contributed by atoms with Crippen LogP contribution >= 0.6 is 0 Å². The number of hydrogen-bond donors (Lipinski definition) is 0. The second-order valence-electron chi connectivity index (χ2n) is 5.00. The van der Waals surface area contributed by atoms with E-state index in [1.807, 2.05) is 6.07 Å². The van der Waals surface area contributed by atoms with Gasteiger partial charge in [0.05, 0.1) is 0 Å². The van der Waals surface area contributed by atoms with Crippen LogP contribution in [0.25, 0.3) is 0 Å². The Morgan fingerprint density at radius 2 is 1.71 bits per heavy atom. The van der Waals surface area contributed by atoms with Crippen LogP contribution in [0.4, 0.5) is 0 Å². The van der Waals surface area contributed by atoms with E-state index in [1.165, 1.54) is 11.1 Å². The van der Waals surface area contributed by atoms with Crippen molar-refractivity contribution in [1.29, 1.82) is 0 Å². The van der Waals surface area contributed by atoms with Gasteiger partial charge in [0, 0.05) is 12.8 Å². The molecule has 2 aromatic rings. The van der Waals surface area contributed by atoms with E-state index in [9.17, 15) is 0 Å². The van der Waals surface area contributed by atoms with Crippen LogP contribution in [0.1, 0.15) is 18.1 Å². The molecule has 0 N–H and O–H groups in total. The largest absolute Gasteiger partial charge is 0.487 e. The monoisotopic (exact) mass is 224 g/mol. The quantitative estimate of drug-likeness (QED) is 0.757. The van der Waals surface area contributed by atoms with Gasteiger partial charge in [0.25, 0.3) is 0 Å². The average molecular weight is 224 g/mol. The first-order valence-corrected chi connectivity index (χ1v) is 6.06. The number of hydrogen-bond acceptors (Lipinski definition) is 1. The molecule has 0 aromatic heterocycles. The Balaban J connectivity index is 1.82. The van der Waals surface area contributed by atoms with Gasteiger partial charge in [0.1, 0.15) is 11.4 Å². The highest BCUT2D eigenvalue weighted by atomic mass is 16.5. The van der Waals surface area contributed by atoms with Crippen molar-refractivity contribution < 1.29 is 4.74 Å². The zero-order valence-electron chi connectivity index (χ0n) is 10.0. The molecule has 17 heavy (non-hydrogen) atoms. The van der Waals surface area contributed by atoms with Gasteiger partial charge in [0.15, 0.2) is 0 Å². The summed E-state index contributed by atoms with van der Waals surface area (Å²) >= 11 is 0. The maximum Gasteiger partial charge on any atom is 0.123 e. The minimum Gasteiger partial charge on any atom is -0.487 e. The van der Waals surface area contributed by atoms with Crippen LogP contribution in [0.3, 0.4) is 0 Å². The molecule has 0 amide bonds. The summed E-state index contributed by atoms with van der Waals surface area (Å²) in [6.45, 7) is 2.19. The van der Waals surface area contributed by atoms with E-state index < -0.39 is 0 Å². The third-order valence-electron chi connectivity index (χ3n) is 3.31. The molecule has 1 aliphatic heterocycles. The molecular formula is C16H16O. The number of para-hydroxylation sites is 1. The van der Waals surface area contributed by atoms with Gasteiger partial charge in [-0.3, -0.25) is 0 Å². The SMILES string of the molecule is C[C@]1(Cc2ccccc2)Cc2ccccc2O1. The molecule has 1 aliphatic rings. The summed E-state index contributed by atoms with van der Waals surface area (Å²) in [6.07, 6.45) is 1.96. The summed E-state index contributed by atoms with van der Waals surface area (Å²) in [4.78, 5) is 0. The van der Waals surface area contributed by atoms with Crippen molar-refractivity contribution in [2.24, 2.45) is 0 Å².